The number of hydrogen-bond donors (Lipinski definition) is 0. The molecule has 0 aliphatic heterocycles. The SMILES string of the molecule is CCC(CC)CC(N=O)[C@@H]1C[C@H]2C=C[C@@H]1C2. The van der Waals surface area contributed by atoms with Gasteiger partial charge in [-0.25, -0.2) is 0 Å². The van der Waals surface area contributed by atoms with Gasteiger partial charge in [-0.2, -0.15) is 4.91 Å². The highest BCUT2D eigenvalue weighted by Crippen LogP contribution is 2.46. The molecule has 1 fully saturated rings. The highest BCUT2D eigenvalue weighted by Gasteiger charge is 2.40. The van der Waals surface area contributed by atoms with Crippen LogP contribution >= 0.6 is 0 Å². The number of fused-ring (bicyclic) bond motifs is 2. The fourth-order valence-corrected chi connectivity index (χ4v) is 3.53. The van der Waals surface area contributed by atoms with E-state index >= 15 is 0 Å². The van der Waals surface area contributed by atoms with Crippen LogP contribution in [-0.4, -0.2) is 6.04 Å². The van der Waals surface area contributed by atoms with Gasteiger partial charge in [0.25, 0.3) is 0 Å². The lowest BCUT2D eigenvalue weighted by Gasteiger charge is -2.25. The molecule has 1 saturated carbocycles. The monoisotopic (exact) mass is 221 g/mol. The van der Waals surface area contributed by atoms with E-state index in [2.05, 4.69) is 31.2 Å². The number of nitrogens with zero attached hydrogens (tertiary/aromatic N) is 1. The zero-order valence-electron chi connectivity index (χ0n) is 10.4. The summed E-state index contributed by atoms with van der Waals surface area (Å²) in [5.41, 5.74) is 0. The van der Waals surface area contributed by atoms with E-state index in [0.717, 1.165) is 12.3 Å². The van der Waals surface area contributed by atoms with Crippen LogP contribution in [0.1, 0.15) is 46.0 Å². The second-order valence-electron chi connectivity index (χ2n) is 5.54. The summed E-state index contributed by atoms with van der Waals surface area (Å²) >= 11 is 0. The van der Waals surface area contributed by atoms with Crippen molar-refractivity contribution in [3.05, 3.63) is 17.1 Å². The Labute approximate surface area is 98.5 Å². The van der Waals surface area contributed by atoms with Crippen LogP contribution in [-0.2, 0) is 0 Å². The molecule has 0 aromatic heterocycles. The van der Waals surface area contributed by atoms with Gasteiger partial charge in [0.15, 0.2) is 0 Å². The Morgan fingerprint density at radius 3 is 2.44 bits per heavy atom. The third-order valence-electron chi connectivity index (χ3n) is 4.69. The van der Waals surface area contributed by atoms with Gasteiger partial charge >= 0.3 is 0 Å². The molecule has 2 bridgehead atoms. The zero-order chi connectivity index (χ0) is 11.5. The van der Waals surface area contributed by atoms with Crippen LogP contribution in [0.25, 0.3) is 0 Å². The van der Waals surface area contributed by atoms with E-state index < -0.39 is 0 Å². The van der Waals surface area contributed by atoms with Crippen molar-refractivity contribution in [1.29, 1.82) is 0 Å². The summed E-state index contributed by atoms with van der Waals surface area (Å²) in [6.45, 7) is 4.44. The predicted octanol–water partition coefficient (Wildman–Crippen LogP) is 4.16. The quantitative estimate of drug-likeness (QED) is 0.489. The molecule has 2 aliphatic carbocycles. The molecule has 4 atom stereocenters. The van der Waals surface area contributed by atoms with Crippen LogP contribution in [0.4, 0.5) is 0 Å². The molecule has 0 aromatic carbocycles. The number of nitroso groups, excluding NO2 is 1. The van der Waals surface area contributed by atoms with Crippen molar-refractivity contribution in [3.8, 4) is 0 Å². The summed E-state index contributed by atoms with van der Waals surface area (Å²) in [7, 11) is 0. The van der Waals surface area contributed by atoms with E-state index in [1.54, 1.807) is 0 Å². The van der Waals surface area contributed by atoms with Crippen molar-refractivity contribution in [2.45, 2.75) is 52.0 Å². The lowest BCUT2D eigenvalue weighted by molar-refractivity contribution is 0.297. The van der Waals surface area contributed by atoms with Gasteiger partial charge in [-0.1, -0.05) is 44.0 Å². The van der Waals surface area contributed by atoms with E-state index in [1.807, 2.05) is 0 Å². The van der Waals surface area contributed by atoms with Crippen molar-refractivity contribution >= 4 is 0 Å². The Bertz CT molecular complexity index is 270. The first-order valence-corrected chi connectivity index (χ1v) is 6.79. The van der Waals surface area contributed by atoms with Gasteiger partial charge in [0.2, 0.25) is 0 Å². The summed E-state index contributed by atoms with van der Waals surface area (Å²) in [5.74, 6) is 2.64. The maximum absolute atomic E-state index is 11.1. The van der Waals surface area contributed by atoms with Crippen molar-refractivity contribution in [3.63, 3.8) is 0 Å². The summed E-state index contributed by atoms with van der Waals surface area (Å²) in [6.07, 6.45) is 10.5. The fraction of sp³-hybridized carbons (Fsp3) is 0.857. The van der Waals surface area contributed by atoms with Crippen LogP contribution in [0.5, 0.6) is 0 Å². The smallest absolute Gasteiger partial charge is 0.0956 e. The Balaban J connectivity index is 1.95. The number of hydrogen-bond acceptors (Lipinski definition) is 2. The first-order valence-electron chi connectivity index (χ1n) is 6.79. The summed E-state index contributed by atoms with van der Waals surface area (Å²) < 4.78 is 0. The molecule has 2 nitrogen and oxygen atoms in total. The van der Waals surface area contributed by atoms with E-state index in [9.17, 15) is 4.91 Å². The number of allylic oxidation sites excluding steroid dienone is 2. The predicted molar refractivity (Wildman–Crippen MR) is 67.1 cm³/mol. The molecule has 0 N–H and O–H groups in total. The highest BCUT2D eigenvalue weighted by atomic mass is 16.3. The van der Waals surface area contributed by atoms with E-state index in [-0.39, 0.29) is 6.04 Å². The van der Waals surface area contributed by atoms with E-state index in [4.69, 9.17) is 0 Å². The minimum absolute atomic E-state index is 0.0739. The maximum Gasteiger partial charge on any atom is 0.0956 e. The standard InChI is InChI=1S/C14H23NO/c1-3-10(4-2)9-14(15-16)13-8-11-5-6-12(13)7-11/h5-6,10-14H,3-4,7-9H2,1-2H3/t11-,12+,13+,14?/m0/s1. The second-order valence-corrected chi connectivity index (χ2v) is 5.54. The van der Waals surface area contributed by atoms with Crippen molar-refractivity contribution in [1.82, 2.24) is 0 Å². The van der Waals surface area contributed by atoms with Gasteiger partial charge in [0.05, 0.1) is 6.04 Å². The molecule has 2 aliphatic rings. The minimum atomic E-state index is 0.0739. The molecule has 0 radical (unpaired) electrons. The van der Waals surface area contributed by atoms with Gasteiger partial charge < -0.3 is 0 Å². The third-order valence-corrected chi connectivity index (χ3v) is 4.69. The average molecular weight is 221 g/mol. The summed E-state index contributed by atoms with van der Waals surface area (Å²) in [4.78, 5) is 11.1. The van der Waals surface area contributed by atoms with Gasteiger partial charge in [-0.15, -0.1) is 0 Å². The molecule has 16 heavy (non-hydrogen) atoms. The van der Waals surface area contributed by atoms with E-state index in [1.165, 1.54) is 25.7 Å². The average Bonchev–Trinajstić information content (AvgIpc) is 2.93. The van der Waals surface area contributed by atoms with Crippen LogP contribution in [0.2, 0.25) is 0 Å². The zero-order valence-corrected chi connectivity index (χ0v) is 10.4. The highest BCUT2D eigenvalue weighted by molar-refractivity contribution is 5.12. The van der Waals surface area contributed by atoms with Crippen LogP contribution in [0.3, 0.4) is 0 Å². The second kappa shape index (κ2) is 5.11. The first-order chi connectivity index (χ1) is 7.78. The molecule has 0 heterocycles. The van der Waals surface area contributed by atoms with E-state index in [0.29, 0.717) is 17.8 Å². The Kier molecular flexibility index (Phi) is 3.78. The summed E-state index contributed by atoms with van der Waals surface area (Å²) in [5, 5.41) is 3.44. The largest absolute Gasteiger partial charge is 0.151 e. The molecule has 2 heteroatoms. The first kappa shape index (κ1) is 11.8. The Morgan fingerprint density at radius 1 is 1.25 bits per heavy atom. The third kappa shape index (κ3) is 2.21. The van der Waals surface area contributed by atoms with Gasteiger partial charge in [0.1, 0.15) is 0 Å². The van der Waals surface area contributed by atoms with Crippen LogP contribution in [0.15, 0.2) is 17.3 Å². The van der Waals surface area contributed by atoms with Crippen molar-refractivity contribution in [2.24, 2.45) is 28.8 Å². The van der Waals surface area contributed by atoms with Gasteiger partial charge in [-0.05, 0) is 42.9 Å². The van der Waals surface area contributed by atoms with Crippen LogP contribution < -0.4 is 0 Å². The molecule has 90 valence electrons. The Hall–Kier alpha value is -0.660. The molecular weight excluding hydrogens is 198 g/mol. The van der Waals surface area contributed by atoms with Crippen LogP contribution in [0, 0.1) is 28.6 Å². The molecule has 0 spiro atoms. The molecule has 0 aromatic rings. The minimum Gasteiger partial charge on any atom is -0.151 e. The maximum atomic E-state index is 11.1. The van der Waals surface area contributed by atoms with Crippen molar-refractivity contribution < 1.29 is 0 Å². The molecule has 2 rings (SSSR count). The molecule has 1 unspecified atom stereocenters. The number of rotatable bonds is 6. The topological polar surface area (TPSA) is 29.4 Å². The van der Waals surface area contributed by atoms with Gasteiger partial charge in [0, 0.05) is 0 Å². The molecule has 0 amide bonds. The lowest BCUT2D eigenvalue weighted by Crippen LogP contribution is -2.24. The molecule has 0 saturated heterocycles. The summed E-state index contributed by atoms with van der Waals surface area (Å²) in [6, 6.07) is 0.0739. The fourth-order valence-electron chi connectivity index (χ4n) is 3.53. The van der Waals surface area contributed by atoms with Crippen molar-refractivity contribution in [2.75, 3.05) is 0 Å². The Morgan fingerprint density at radius 2 is 2.00 bits per heavy atom. The lowest BCUT2D eigenvalue weighted by atomic mass is 9.81. The normalized spacial score (nSPS) is 33.6. The van der Waals surface area contributed by atoms with Gasteiger partial charge in [-0.3, -0.25) is 0 Å². The molecular formula is C14H23NO.